The number of rotatable bonds is 0. The standard InChI is InChI=1S/C8H11NO/c1-6-5-8-7(9(6)2)3-4-10-8/h3-5,7-8H,1-2H3. The third-order valence-corrected chi connectivity index (χ3v) is 2.26. The second-order valence-electron chi connectivity index (χ2n) is 2.84. The van der Waals surface area contributed by atoms with Crippen molar-refractivity contribution in [3.63, 3.8) is 0 Å². The van der Waals surface area contributed by atoms with Crippen molar-refractivity contribution in [2.24, 2.45) is 0 Å². The first-order valence-electron chi connectivity index (χ1n) is 3.52. The Morgan fingerprint density at radius 3 is 3.10 bits per heavy atom. The molecule has 2 heteroatoms. The molecule has 0 bridgehead atoms. The van der Waals surface area contributed by atoms with Crippen molar-refractivity contribution in [1.82, 2.24) is 4.90 Å². The van der Waals surface area contributed by atoms with Gasteiger partial charge in [-0.1, -0.05) is 0 Å². The summed E-state index contributed by atoms with van der Waals surface area (Å²) in [6, 6.07) is 0.458. The molecule has 2 aliphatic rings. The van der Waals surface area contributed by atoms with Crippen molar-refractivity contribution in [2.45, 2.75) is 19.1 Å². The molecule has 2 unspecified atom stereocenters. The molecule has 0 saturated carbocycles. The maximum absolute atomic E-state index is 5.32. The Bertz CT molecular complexity index is 205. The molecular weight excluding hydrogens is 126 g/mol. The number of hydrogen-bond acceptors (Lipinski definition) is 2. The van der Waals surface area contributed by atoms with Crippen molar-refractivity contribution in [3.05, 3.63) is 24.1 Å². The van der Waals surface area contributed by atoms with Gasteiger partial charge in [-0.15, -0.1) is 0 Å². The van der Waals surface area contributed by atoms with E-state index in [1.54, 1.807) is 6.26 Å². The summed E-state index contributed by atoms with van der Waals surface area (Å²) in [5.41, 5.74) is 1.30. The van der Waals surface area contributed by atoms with Gasteiger partial charge in [-0.3, -0.25) is 0 Å². The van der Waals surface area contributed by atoms with Crippen LogP contribution >= 0.6 is 0 Å². The van der Waals surface area contributed by atoms with Crippen LogP contribution in [0, 0.1) is 0 Å². The number of allylic oxidation sites excluding steroid dienone is 1. The van der Waals surface area contributed by atoms with Gasteiger partial charge in [0.2, 0.25) is 0 Å². The highest BCUT2D eigenvalue weighted by Gasteiger charge is 2.32. The smallest absolute Gasteiger partial charge is 0.142 e. The first-order valence-corrected chi connectivity index (χ1v) is 3.52. The average Bonchev–Trinajstić information content (AvgIpc) is 2.41. The number of likely N-dealkylation sites (N-methyl/N-ethyl adjacent to an activating group) is 1. The van der Waals surface area contributed by atoms with Crippen molar-refractivity contribution in [2.75, 3.05) is 7.05 Å². The van der Waals surface area contributed by atoms with Gasteiger partial charge in [0, 0.05) is 12.7 Å². The van der Waals surface area contributed by atoms with Crippen molar-refractivity contribution < 1.29 is 4.74 Å². The molecule has 54 valence electrons. The lowest BCUT2D eigenvalue weighted by Crippen LogP contribution is -2.28. The maximum Gasteiger partial charge on any atom is 0.142 e. The largest absolute Gasteiger partial charge is 0.492 e. The molecule has 0 fully saturated rings. The first kappa shape index (κ1) is 5.83. The van der Waals surface area contributed by atoms with Crippen LogP contribution in [0.1, 0.15) is 6.92 Å². The molecule has 2 nitrogen and oxygen atoms in total. The topological polar surface area (TPSA) is 12.5 Å². The third-order valence-electron chi connectivity index (χ3n) is 2.26. The summed E-state index contributed by atoms with van der Waals surface area (Å²) in [6.07, 6.45) is 6.32. The number of fused-ring (bicyclic) bond motifs is 1. The fourth-order valence-corrected chi connectivity index (χ4v) is 1.48. The lowest BCUT2D eigenvalue weighted by atomic mass is 10.2. The summed E-state index contributed by atoms with van der Waals surface area (Å²) in [7, 11) is 2.09. The van der Waals surface area contributed by atoms with Gasteiger partial charge >= 0.3 is 0 Å². The Kier molecular flexibility index (Phi) is 1.04. The van der Waals surface area contributed by atoms with Crippen molar-refractivity contribution in [1.29, 1.82) is 0 Å². The normalized spacial score (nSPS) is 35.8. The van der Waals surface area contributed by atoms with Gasteiger partial charge in [0.05, 0.1) is 12.3 Å². The second-order valence-corrected chi connectivity index (χ2v) is 2.84. The lowest BCUT2D eigenvalue weighted by Gasteiger charge is -2.19. The van der Waals surface area contributed by atoms with Gasteiger partial charge in [0.15, 0.2) is 0 Å². The Morgan fingerprint density at radius 1 is 1.60 bits per heavy atom. The Balaban J connectivity index is 2.25. The minimum atomic E-state index is 0.282. The van der Waals surface area contributed by atoms with E-state index in [1.807, 2.05) is 0 Å². The highest BCUT2D eigenvalue weighted by atomic mass is 16.5. The number of nitrogens with zero attached hydrogens (tertiary/aromatic N) is 1. The highest BCUT2D eigenvalue weighted by Crippen LogP contribution is 2.27. The molecular formula is C8H11NO. The van der Waals surface area contributed by atoms with E-state index in [0.29, 0.717) is 6.04 Å². The van der Waals surface area contributed by atoms with Crippen LogP contribution in [0.4, 0.5) is 0 Å². The van der Waals surface area contributed by atoms with Gasteiger partial charge in [0.25, 0.3) is 0 Å². The quantitative estimate of drug-likeness (QED) is 0.496. The van der Waals surface area contributed by atoms with Crippen LogP contribution in [-0.4, -0.2) is 24.1 Å². The van der Waals surface area contributed by atoms with Gasteiger partial charge in [-0.05, 0) is 19.1 Å². The van der Waals surface area contributed by atoms with E-state index in [2.05, 4.69) is 31.0 Å². The molecule has 2 aliphatic heterocycles. The minimum Gasteiger partial charge on any atom is -0.492 e. The zero-order valence-corrected chi connectivity index (χ0v) is 6.24. The summed E-state index contributed by atoms with van der Waals surface area (Å²) in [5, 5.41) is 0. The predicted octanol–water partition coefficient (Wildman–Crippen LogP) is 1.12. The predicted molar refractivity (Wildman–Crippen MR) is 39.3 cm³/mol. The molecule has 2 rings (SSSR count). The number of hydrogen-bond donors (Lipinski definition) is 0. The molecule has 0 radical (unpaired) electrons. The van der Waals surface area contributed by atoms with Crippen molar-refractivity contribution in [3.8, 4) is 0 Å². The first-order chi connectivity index (χ1) is 4.79. The summed E-state index contributed by atoms with van der Waals surface area (Å²) in [6.45, 7) is 2.11. The van der Waals surface area contributed by atoms with Crippen LogP contribution < -0.4 is 0 Å². The fraction of sp³-hybridized carbons (Fsp3) is 0.500. The molecule has 0 aliphatic carbocycles. The van der Waals surface area contributed by atoms with Crippen LogP contribution in [0.25, 0.3) is 0 Å². The van der Waals surface area contributed by atoms with Crippen molar-refractivity contribution >= 4 is 0 Å². The Labute approximate surface area is 60.8 Å². The van der Waals surface area contributed by atoms with Gasteiger partial charge in [0.1, 0.15) is 6.10 Å². The zero-order valence-electron chi connectivity index (χ0n) is 6.24. The Hall–Kier alpha value is -0.920. The third kappa shape index (κ3) is 0.589. The van der Waals surface area contributed by atoms with E-state index in [1.165, 1.54) is 5.70 Å². The summed E-state index contributed by atoms with van der Waals surface area (Å²) in [5.74, 6) is 0. The average molecular weight is 137 g/mol. The van der Waals surface area contributed by atoms with E-state index in [0.717, 1.165) is 0 Å². The molecule has 0 saturated heterocycles. The molecule has 2 heterocycles. The molecule has 2 atom stereocenters. The van der Waals surface area contributed by atoms with E-state index in [9.17, 15) is 0 Å². The van der Waals surface area contributed by atoms with E-state index < -0.39 is 0 Å². The Morgan fingerprint density at radius 2 is 2.40 bits per heavy atom. The number of ether oxygens (including phenoxy) is 1. The molecule has 0 aromatic carbocycles. The van der Waals surface area contributed by atoms with E-state index >= 15 is 0 Å². The van der Waals surface area contributed by atoms with Crippen LogP contribution in [0.2, 0.25) is 0 Å². The fourth-order valence-electron chi connectivity index (χ4n) is 1.48. The maximum atomic E-state index is 5.32. The molecule has 0 aromatic rings. The molecule has 0 amide bonds. The summed E-state index contributed by atoms with van der Waals surface area (Å²) < 4.78 is 5.32. The molecule has 10 heavy (non-hydrogen) atoms. The highest BCUT2D eigenvalue weighted by molar-refractivity contribution is 5.21. The van der Waals surface area contributed by atoms with Crippen LogP contribution in [-0.2, 0) is 4.74 Å². The molecule has 0 spiro atoms. The zero-order chi connectivity index (χ0) is 7.14. The van der Waals surface area contributed by atoms with Crippen LogP contribution in [0.3, 0.4) is 0 Å². The van der Waals surface area contributed by atoms with Gasteiger partial charge in [-0.2, -0.15) is 0 Å². The summed E-state index contributed by atoms with van der Waals surface area (Å²) in [4.78, 5) is 2.23. The monoisotopic (exact) mass is 137 g/mol. The van der Waals surface area contributed by atoms with E-state index in [4.69, 9.17) is 4.74 Å². The minimum absolute atomic E-state index is 0.282. The molecule has 0 aromatic heterocycles. The van der Waals surface area contributed by atoms with Gasteiger partial charge in [-0.25, -0.2) is 0 Å². The SMILES string of the molecule is CC1=CC2OC=CC2N1C. The second kappa shape index (κ2) is 1.78. The van der Waals surface area contributed by atoms with Crippen LogP contribution in [0.15, 0.2) is 24.1 Å². The van der Waals surface area contributed by atoms with Gasteiger partial charge < -0.3 is 9.64 Å². The van der Waals surface area contributed by atoms with Crippen LogP contribution in [0.5, 0.6) is 0 Å². The summed E-state index contributed by atoms with van der Waals surface area (Å²) >= 11 is 0. The lowest BCUT2D eigenvalue weighted by molar-refractivity contribution is 0.174. The molecule has 0 N–H and O–H groups in total. The van der Waals surface area contributed by atoms with E-state index in [-0.39, 0.29) is 6.10 Å².